The molecule has 1 aromatic heterocycles. The SMILES string of the molecule is CCO[P@@](=O)(Nc1nccs1)c1ccc(N)cc1. The summed E-state index contributed by atoms with van der Waals surface area (Å²) in [5.74, 6) is 0. The molecule has 0 spiro atoms. The van der Waals surface area contributed by atoms with Crippen LogP contribution in [0.4, 0.5) is 10.8 Å². The third kappa shape index (κ3) is 2.90. The first-order chi connectivity index (χ1) is 8.64. The summed E-state index contributed by atoms with van der Waals surface area (Å²) in [4.78, 5) is 4.06. The fraction of sp³-hybridized carbons (Fsp3) is 0.182. The van der Waals surface area contributed by atoms with Crippen molar-refractivity contribution in [1.29, 1.82) is 0 Å². The maximum atomic E-state index is 12.8. The Morgan fingerprint density at radius 3 is 2.72 bits per heavy atom. The zero-order valence-electron chi connectivity index (χ0n) is 9.87. The van der Waals surface area contributed by atoms with Gasteiger partial charge in [-0.2, -0.15) is 0 Å². The fourth-order valence-electron chi connectivity index (χ4n) is 1.43. The molecular formula is C11H14N3O2PS. The van der Waals surface area contributed by atoms with Crippen molar-refractivity contribution in [2.24, 2.45) is 0 Å². The van der Waals surface area contributed by atoms with Gasteiger partial charge in [-0.3, -0.25) is 9.65 Å². The summed E-state index contributed by atoms with van der Waals surface area (Å²) in [6.45, 7) is 2.15. The minimum Gasteiger partial charge on any atom is -0.399 e. The van der Waals surface area contributed by atoms with Gasteiger partial charge in [0.15, 0.2) is 5.13 Å². The van der Waals surface area contributed by atoms with Crippen molar-refractivity contribution in [3.8, 4) is 0 Å². The van der Waals surface area contributed by atoms with Gasteiger partial charge >= 0.3 is 7.52 Å². The summed E-state index contributed by atoms with van der Waals surface area (Å²) in [5.41, 5.74) is 6.24. The predicted octanol–water partition coefficient (Wildman–Crippen LogP) is 2.69. The normalized spacial score (nSPS) is 14.1. The molecular weight excluding hydrogens is 269 g/mol. The van der Waals surface area contributed by atoms with E-state index in [0.29, 0.717) is 22.7 Å². The number of rotatable bonds is 5. The second-order valence-electron chi connectivity index (χ2n) is 3.51. The first kappa shape index (κ1) is 13.1. The highest BCUT2D eigenvalue weighted by Gasteiger charge is 2.26. The van der Waals surface area contributed by atoms with Gasteiger partial charge in [0.25, 0.3) is 0 Å². The molecule has 1 aromatic carbocycles. The Labute approximate surface area is 110 Å². The molecule has 5 nitrogen and oxygen atoms in total. The monoisotopic (exact) mass is 283 g/mol. The van der Waals surface area contributed by atoms with Gasteiger partial charge in [-0.1, -0.05) is 0 Å². The second-order valence-corrected chi connectivity index (χ2v) is 6.51. The van der Waals surface area contributed by atoms with Crippen LogP contribution in [0.15, 0.2) is 35.8 Å². The number of thiazole rings is 1. The van der Waals surface area contributed by atoms with Crippen LogP contribution in [0.5, 0.6) is 0 Å². The number of nitrogen functional groups attached to an aromatic ring is 1. The van der Waals surface area contributed by atoms with E-state index >= 15 is 0 Å². The van der Waals surface area contributed by atoms with Gasteiger partial charge in [0.2, 0.25) is 0 Å². The molecule has 0 aliphatic rings. The number of hydrogen-bond donors (Lipinski definition) is 2. The minimum atomic E-state index is -3.14. The van der Waals surface area contributed by atoms with Crippen LogP contribution in [0.2, 0.25) is 0 Å². The molecule has 1 atom stereocenters. The first-order valence-corrected chi connectivity index (χ1v) is 7.93. The Kier molecular flexibility index (Phi) is 4.01. The highest BCUT2D eigenvalue weighted by Crippen LogP contribution is 2.45. The second kappa shape index (κ2) is 5.52. The molecule has 96 valence electrons. The Morgan fingerprint density at radius 2 is 2.17 bits per heavy atom. The number of aromatic nitrogens is 1. The lowest BCUT2D eigenvalue weighted by atomic mass is 10.3. The van der Waals surface area contributed by atoms with E-state index in [1.165, 1.54) is 11.3 Å². The van der Waals surface area contributed by atoms with Crippen LogP contribution >= 0.6 is 18.9 Å². The average molecular weight is 283 g/mol. The summed E-state index contributed by atoms with van der Waals surface area (Å²) >= 11 is 1.37. The topological polar surface area (TPSA) is 77.2 Å². The van der Waals surface area contributed by atoms with E-state index in [1.807, 2.05) is 5.38 Å². The lowest BCUT2D eigenvalue weighted by Crippen LogP contribution is -2.14. The fourth-order valence-corrected chi connectivity index (χ4v) is 3.93. The van der Waals surface area contributed by atoms with E-state index in [1.54, 1.807) is 37.4 Å². The predicted molar refractivity (Wildman–Crippen MR) is 75.5 cm³/mol. The quantitative estimate of drug-likeness (QED) is 0.651. The molecule has 0 fully saturated rings. The summed E-state index contributed by atoms with van der Waals surface area (Å²) < 4.78 is 18.2. The van der Waals surface area contributed by atoms with Crippen LogP contribution in [-0.4, -0.2) is 11.6 Å². The zero-order chi connectivity index (χ0) is 13.0. The molecule has 0 amide bonds. The minimum absolute atomic E-state index is 0.347. The molecule has 1 heterocycles. The molecule has 2 aromatic rings. The van der Waals surface area contributed by atoms with Crippen molar-refractivity contribution in [1.82, 2.24) is 4.98 Å². The van der Waals surface area contributed by atoms with E-state index in [9.17, 15) is 4.57 Å². The molecule has 3 N–H and O–H groups in total. The zero-order valence-corrected chi connectivity index (χ0v) is 11.6. The average Bonchev–Trinajstić information content (AvgIpc) is 2.82. The van der Waals surface area contributed by atoms with Gasteiger partial charge in [-0.15, -0.1) is 11.3 Å². The van der Waals surface area contributed by atoms with E-state index in [-0.39, 0.29) is 0 Å². The third-order valence-electron chi connectivity index (χ3n) is 2.22. The van der Waals surface area contributed by atoms with E-state index in [0.717, 1.165) is 0 Å². The Morgan fingerprint density at radius 1 is 1.44 bits per heavy atom. The van der Waals surface area contributed by atoms with Gasteiger partial charge in [0.05, 0.1) is 11.9 Å². The van der Waals surface area contributed by atoms with Crippen LogP contribution in [-0.2, 0) is 9.09 Å². The van der Waals surface area contributed by atoms with Crippen LogP contribution in [0.25, 0.3) is 0 Å². The van der Waals surface area contributed by atoms with Gasteiger partial charge in [-0.05, 0) is 31.2 Å². The molecule has 2 rings (SSSR count). The molecule has 0 unspecified atom stereocenters. The Balaban J connectivity index is 2.31. The lowest BCUT2D eigenvalue weighted by molar-refractivity contribution is 0.344. The van der Waals surface area contributed by atoms with E-state index < -0.39 is 7.52 Å². The lowest BCUT2D eigenvalue weighted by Gasteiger charge is -2.18. The Bertz CT molecular complexity index is 542. The molecule has 0 bridgehead atoms. The largest absolute Gasteiger partial charge is 0.399 e. The van der Waals surface area contributed by atoms with E-state index in [2.05, 4.69) is 10.1 Å². The van der Waals surface area contributed by atoms with Crippen LogP contribution in [0.3, 0.4) is 0 Å². The summed E-state index contributed by atoms with van der Waals surface area (Å²) in [6.07, 6.45) is 1.65. The number of anilines is 2. The van der Waals surface area contributed by atoms with Crippen molar-refractivity contribution in [3.05, 3.63) is 35.8 Å². The van der Waals surface area contributed by atoms with Gasteiger partial charge in [0.1, 0.15) is 0 Å². The van der Waals surface area contributed by atoms with Gasteiger partial charge < -0.3 is 10.3 Å². The van der Waals surface area contributed by atoms with Gasteiger partial charge in [-0.25, -0.2) is 4.98 Å². The molecule has 0 saturated heterocycles. The van der Waals surface area contributed by atoms with Crippen LogP contribution in [0, 0.1) is 0 Å². The molecule has 18 heavy (non-hydrogen) atoms. The molecule has 7 heteroatoms. The summed E-state index contributed by atoms with van der Waals surface area (Å²) in [6, 6.07) is 6.80. The number of hydrogen-bond acceptors (Lipinski definition) is 5. The van der Waals surface area contributed by atoms with Crippen LogP contribution < -0.4 is 16.1 Å². The summed E-state index contributed by atoms with van der Waals surface area (Å²) in [7, 11) is -3.14. The molecule has 0 aliphatic carbocycles. The van der Waals surface area contributed by atoms with Crippen molar-refractivity contribution in [2.45, 2.75) is 6.92 Å². The highest BCUT2D eigenvalue weighted by atomic mass is 32.1. The molecule has 0 aliphatic heterocycles. The maximum absolute atomic E-state index is 12.8. The number of nitrogens with two attached hydrogens (primary N) is 1. The highest BCUT2D eigenvalue weighted by molar-refractivity contribution is 7.68. The van der Waals surface area contributed by atoms with Gasteiger partial charge in [0, 0.05) is 17.3 Å². The number of nitrogens with one attached hydrogen (secondary N) is 1. The first-order valence-electron chi connectivity index (χ1n) is 5.42. The smallest absolute Gasteiger partial charge is 0.325 e. The standard InChI is InChI=1S/C11H14N3O2PS/c1-2-16-17(15,14-11-13-7-8-18-11)10-5-3-9(12)4-6-10/h3-8H,2,12H2,1H3,(H,13,14,15)/t17-/m1/s1. The van der Waals surface area contributed by atoms with Crippen molar-refractivity contribution in [3.63, 3.8) is 0 Å². The van der Waals surface area contributed by atoms with Crippen molar-refractivity contribution >= 4 is 35.0 Å². The number of benzene rings is 1. The van der Waals surface area contributed by atoms with E-state index in [4.69, 9.17) is 10.3 Å². The maximum Gasteiger partial charge on any atom is 0.325 e. The van der Waals surface area contributed by atoms with Crippen LogP contribution in [0.1, 0.15) is 6.92 Å². The molecule has 0 saturated carbocycles. The number of nitrogens with zero attached hydrogens (tertiary/aromatic N) is 1. The van der Waals surface area contributed by atoms with Crippen molar-refractivity contribution in [2.75, 3.05) is 17.4 Å². The summed E-state index contributed by atoms with van der Waals surface area (Å²) in [5, 5.41) is 5.83. The molecule has 0 radical (unpaired) electrons. The van der Waals surface area contributed by atoms with Crippen molar-refractivity contribution < 1.29 is 9.09 Å². The Hall–Kier alpha value is -1.36. The third-order valence-corrected chi connectivity index (χ3v) is 5.16.